The third kappa shape index (κ3) is 3.39. The molecule has 0 radical (unpaired) electrons. The number of hydrogen-bond donors (Lipinski definition) is 0. The first-order valence-corrected chi connectivity index (χ1v) is 5.25. The third-order valence-electron chi connectivity index (χ3n) is 2.34. The van der Waals surface area contributed by atoms with Gasteiger partial charge in [-0.3, -0.25) is 4.79 Å². The summed E-state index contributed by atoms with van der Waals surface area (Å²) in [6, 6.07) is 0. The maximum atomic E-state index is 11.6. The number of carbonyl (C=O) groups is 1. The summed E-state index contributed by atoms with van der Waals surface area (Å²) in [6.07, 6.45) is 1.18. The smallest absolute Gasteiger partial charge is 0.164 e. The van der Waals surface area contributed by atoms with E-state index in [2.05, 4.69) is 13.8 Å². The van der Waals surface area contributed by atoms with Gasteiger partial charge in [-0.2, -0.15) is 0 Å². The van der Waals surface area contributed by atoms with Crippen molar-refractivity contribution in [1.29, 1.82) is 0 Å². The number of ether oxygens (including phenoxy) is 2. The molecule has 0 spiro atoms. The Morgan fingerprint density at radius 3 is 2.57 bits per heavy atom. The normalized spacial score (nSPS) is 25.6. The van der Waals surface area contributed by atoms with Crippen LogP contribution in [0.3, 0.4) is 0 Å². The van der Waals surface area contributed by atoms with E-state index >= 15 is 0 Å². The molecule has 0 aromatic heterocycles. The Bertz CT molecular complexity index is 209. The molecule has 0 unspecified atom stereocenters. The van der Waals surface area contributed by atoms with Crippen LogP contribution in [0.1, 0.15) is 40.5 Å². The lowest BCUT2D eigenvalue weighted by molar-refractivity contribution is -0.152. The Kier molecular flexibility index (Phi) is 3.67. The molecule has 1 heterocycles. The lowest BCUT2D eigenvalue weighted by Crippen LogP contribution is -2.26. The highest BCUT2D eigenvalue weighted by Gasteiger charge is 2.36. The molecule has 82 valence electrons. The maximum absolute atomic E-state index is 11.6. The third-order valence-corrected chi connectivity index (χ3v) is 2.34. The van der Waals surface area contributed by atoms with Crippen molar-refractivity contribution < 1.29 is 14.3 Å². The van der Waals surface area contributed by atoms with Crippen LogP contribution in [-0.2, 0) is 14.3 Å². The average Bonchev–Trinajstić information content (AvgIpc) is 2.41. The molecule has 0 bridgehead atoms. The van der Waals surface area contributed by atoms with Gasteiger partial charge in [-0.1, -0.05) is 13.8 Å². The predicted octanol–water partition coefficient (Wildman–Crippen LogP) is 2.14. The van der Waals surface area contributed by atoms with E-state index in [1.807, 2.05) is 13.8 Å². The van der Waals surface area contributed by atoms with Crippen LogP contribution in [0.4, 0.5) is 0 Å². The predicted molar refractivity (Wildman–Crippen MR) is 54.0 cm³/mol. The van der Waals surface area contributed by atoms with Gasteiger partial charge in [0.25, 0.3) is 0 Å². The first-order chi connectivity index (χ1) is 6.41. The van der Waals surface area contributed by atoms with Gasteiger partial charge in [0.2, 0.25) is 0 Å². The van der Waals surface area contributed by atoms with Gasteiger partial charge in [0.05, 0.1) is 6.61 Å². The van der Waals surface area contributed by atoms with Crippen LogP contribution >= 0.6 is 0 Å². The highest BCUT2D eigenvalue weighted by Crippen LogP contribution is 2.23. The molecule has 0 aromatic carbocycles. The Hall–Kier alpha value is -0.410. The van der Waals surface area contributed by atoms with Gasteiger partial charge in [0.1, 0.15) is 6.10 Å². The maximum Gasteiger partial charge on any atom is 0.164 e. The van der Waals surface area contributed by atoms with E-state index in [-0.39, 0.29) is 11.9 Å². The minimum atomic E-state index is -0.585. The van der Waals surface area contributed by atoms with Crippen LogP contribution in [0.5, 0.6) is 0 Å². The van der Waals surface area contributed by atoms with Crippen molar-refractivity contribution >= 4 is 5.78 Å². The molecule has 14 heavy (non-hydrogen) atoms. The van der Waals surface area contributed by atoms with Gasteiger partial charge < -0.3 is 9.47 Å². The molecule has 0 N–H and O–H groups in total. The molecule has 0 aromatic rings. The Labute approximate surface area is 85.8 Å². The number of Topliss-reactive ketones (excluding diaryl/α,β-unsaturated/α-hetero) is 1. The molecular weight excluding hydrogens is 180 g/mol. The molecule has 1 saturated heterocycles. The van der Waals surface area contributed by atoms with Crippen LogP contribution in [0, 0.1) is 5.92 Å². The Balaban J connectivity index is 2.33. The lowest BCUT2D eigenvalue weighted by atomic mass is 10.0. The van der Waals surface area contributed by atoms with E-state index in [4.69, 9.17) is 9.47 Å². The van der Waals surface area contributed by atoms with Crippen molar-refractivity contribution in [1.82, 2.24) is 0 Å². The second-order valence-electron chi connectivity index (χ2n) is 4.72. The van der Waals surface area contributed by atoms with Crippen LogP contribution in [-0.4, -0.2) is 24.3 Å². The van der Waals surface area contributed by atoms with Crippen LogP contribution in [0.15, 0.2) is 0 Å². The summed E-state index contributed by atoms with van der Waals surface area (Å²) >= 11 is 0. The molecule has 3 nitrogen and oxygen atoms in total. The fourth-order valence-electron chi connectivity index (χ4n) is 1.44. The Morgan fingerprint density at radius 2 is 2.14 bits per heavy atom. The first kappa shape index (κ1) is 11.7. The zero-order valence-electron chi connectivity index (χ0n) is 9.50. The van der Waals surface area contributed by atoms with Gasteiger partial charge in [0.15, 0.2) is 11.6 Å². The summed E-state index contributed by atoms with van der Waals surface area (Å²) in [5, 5.41) is 0. The van der Waals surface area contributed by atoms with Crippen LogP contribution in [0.2, 0.25) is 0 Å². The molecule has 0 saturated carbocycles. The zero-order chi connectivity index (χ0) is 10.8. The van der Waals surface area contributed by atoms with Crippen LogP contribution < -0.4 is 0 Å². The lowest BCUT2D eigenvalue weighted by Gasteiger charge is -2.16. The standard InChI is InChI=1S/C11H20O3/c1-8(2)5-6-9(12)10-7-13-11(3,4)14-10/h8,10H,5-7H2,1-4H3/t10-/m0/s1. The zero-order valence-corrected chi connectivity index (χ0v) is 9.50. The molecule has 1 atom stereocenters. The van der Waals surface area contributed by atoms with E-state index in [0.29, 0.717) is 18.9 Å². The van der Waals surface area contributed by atoms with Crippen molar-refractivity contribution in [3.63, 3.8) is 0 Å². The van der Waals surface area contributed by atoms with Gasteiger partial charge in [-0.05, 0) is 26.2 Å². The first-order valence-electron chi connectivity index (χ1n) is 5.25. The van der Waals surface area contributed by atoms with E-state index < -0.39 is 5.79 Å². The topological polar surface area (TPSA) is 35.5 Å². The average molecular weight is 200 g/mol. The summed E-state index contributed by atoms with van der Waals surface area (Å²) in [4.78, 5) is 11.6. The van der Waals surface area contributed by atoms with Crippen molar-refractivity contribution in [2.45, 2.75) is 52.4 Å². The van der Waals surface area contributed by atoms with Crippen molar-refractivity contribution in [2.24, 2.45) is 5.92 Å². The van der Waals surface area contributed by atoms with E-state index in [9.17, 15) is 4.79 Å². The molecule has 1 rings (SSSR count). The summed E-state index contributed by atoms with van der Waals surface area (Å²) in [5.41, 5.74) is 0. The quantitative estimate of drug-likeness (QED) is 0.697. The van der Waals surface area contributed by atoms with E-state index in [1.54, 1.807) is 0 Å². The molecule has 0 aliphatic carbocycles. The van der Waals surface area contributed by atoms with Gasteiger partial charge >= 0.3 is 0 Å². The highest BCUT2D eigenvalue weighted by molar-refractivity contribution is 5.83. The molecule has 0 amide bonds. The van der Waals surface area contributed by atoms with Gasteiger partial charge in [0, 0.05) is 6.42 Å². The number of ketones is 1. The van der Waals surface area contributed by atoms with Gasteiger partial charge in [-0.15, -0.1) is 0 Å². The second kappa shape index (κ2) is 4.41. The monoisotopic (exact) mass is 200 g/mol. The largest absolute Gasteiger partial charge is 0.347 e. The number of hydrogen-bond acceptors (Lipinski definition) is 3. The van der Waals surface area contributed by atoms with Crippen LogP contribution in [0.25, 0.3) is 0 Å². The molecule has 1 aliphatic heterocycles. The number of rotatable bonds is 4. The summed E-state index contributed by atoms with van der Waals surface area (Å²) in [5.74, 6) is 0.150. The minimum Gasteiger partial charge on any atom is -0.347 e. The van der Waals surface area contributed by atoms with E-state index in [0.717, 1.165) is 6.42 Å². The molecular formula is C11H20O3. The second-order valence-corrected chi connectivity index (χ2v) is 4.72. The summed E-state index contributed by atoms with van der Waals surface area (Å²) < 4.78 is 10.8. The molecule has 1 fully saturated rings. The van der Waals surface area contributed by atoms with E-state index in [1.165, 1.54) is 0 Å². The van der Waals surface area contributed by atoms with Crippen molar-refractivity contribution in [3.05, 3.63) is 0 Å². The SMILES string of the molecule is CC(C)CCC(=O)[C@@H]1COC(C)(C)O1. The van der Waals surface area contributed by atoms with Gasteiger partial charge in [-0.25, -0.2) is 0 Å². The Morgan fingerprint density at radius 1 is 1.50 bits per heavy atom. The van der Waals surface area contributed by atoms with Crippen molar-refractivity contribution in [2.75, 3.05) is 6.61 Å². The molecule has 1 aliphatic rings. The summed E-state index contributed by atoms with van der Waals surface area (Å²) in [7, 11) is 0. The highest BCUT2D eigenvalue weighted by atomic mass is 16.7. The fourth-order valence-corrected chi connectivity index (χ4v) is 1.44. The number of carbonyl (C=O) groups excluding carboxylic acids is 1. The molecule has 3 heteroatoms. The fraction of sp³-hybridized carbons (Fsp3) is 0.909. The summed E-state index contributed by atoms with van der Waals surface area (Å²) in [6.45, 7) is 8.31. The van der Waals surface area contributed by atoms with Crippen molar-refractivity contribution in [3.8, 4) is 0 Å². The minimum absolute atomic E-state index is 0.171.